The first-order valence-electron chi connectivity index (χ1n) is 6.17. The lowest BCUT2D eigenvalue weighted by Gasteiger charge is -2.18. The minimum atomic E-state index is -1.50. The number of aliphatic hydroxyl groups is 3. The van der Waals surface area contributed by atoms with Gasteiger partial charge in [-0.3, -0.25) is 14.2 Å². The molecule has 0 saturated carbocycles. The van der Waals surface area contributed by atoms with Gasteiger partial charge in [-0.15, -0.1) is 0 Å². The molecule has 1 saturated heterocycles. The molecule has 9 heteroatoms. The number of hydrogen-bond acceptors (Lipinski definition) is 6. The molecule has 8 nitrogen and oxygen atoms in total. The van der Waals surface area contributed by atoms with Crippen LogP contribution in [0.4, 0.5) is 4.39 Å². The number of hydrogen-bond donors (Lipinski definition) is 4. The van der Waals surface area contributed by atoms with Crippen molar-refractivity contribution in [1.29, 1.82) is 0 Å². The van der Waals surface area contributed by atoms with Crippen molar-refractivity contribution < 1.29 is 29.2 Å². The number of ether oxygens (including phenoxy) is 1. The van der Waals surface area contributed by atoms with Crippen molar-refractivity contribution in [2.24, 2.45) is 5.73 Å². The zero-order chi connectivity index (χ0) is 15.7. The molecule has 0 spiro atoms. The minimum absolute atomic E-state index is 0.171. The van der Waals surface area contributed by atoms with E-state index < -0.39 is 54.9 Å². The summed E-state index contributed by atoms with van der Waals surface area (Å²) < 4.78 is 19.8. The van der Waals surface area contributed by atoms with Crippen LogP contribution in [0, 0.1) is 5.82 Å². The zero-order valence-corrected chi connectivity index (χ0v) is 10.8. The molecule has 0 bridgehead atoms. The average Bonchev–Trinajstić information content (AvgIpc) is 2.71. The normalized spacial score (nSPS) is 28.8. The first kappa shape index (κ1) is 15.6. The van der Waals surface area contributed by atoms with Gasteiger partial charge in [0, 0.05) is 11.8 Å². The molecule has 0 radical (unpaired) electrons. The Morgan fingerprint density at radius 1 is 1.43 bits per heavy atom. The lowest BCUT2D eigenvalue weighted by Crippen LogP contribution is -2.36. The molecular formula is C12H15FN2O6. The van der Waals surface area contributed by atoms with E-state index in [1.54, 1.807) is 0 Å². The Morgan fingerprint density at radius 2 is 2.10 bits per heavy atom. The van der Waals surface area contributed by atoms with E-state index in [0.717, 1.165) is 16.8 Å². The largest absolute Gasteiger partial charge is 0.394 e. The summed E-state index contributed by atoms with van der Waals surface area (Å²) in [5.41, 5.74) is 3.65. The van der Waals surface area contributed by atoms with Gasteiger partial charge in [0.25, 0.3) is 5.56 Å². The predicted molar refractivity (Wildman–Crippen MR) is 66.6 cm³/mol. The van der Waals surface area contributed by atoms with Crippen molar-refractivity contribution in [3.63, 3.8) is 0 Å². The van der Waals surface area contributed by atoms with Gasteiger partial charge >= 0.3 is 0 Å². The molecule has 21 heavy (non-hydrogen) atoms. The lowest BCUT2D eigenvalue weighted by atomic mass is 10.1. The predicted octanol–water partition coefficient (Wildman–Crippen LogP) is -2.37. The summed E-state index contributed by atoms with van der Waals surface area (Å²) in [6.45, 7) is -0.564. The second kappa shape index (κ2) is 5.90. The number of nitrogens with two attached hydrogens (primary N) is 1. The summed E-state index contributed by atoms with van der Waals surface area (Å²) >= 11 is 0. The van der Waals surface area contributed by atoms with Gasteiger partial charge in [-0.25, -0.2) is 4.39 Å². The number of carbonyl (C=O) groups excluding carboxylic acids is 1. The molecule has 1 aromatic rings. The maximum atomic E-state index is 13.9. The van der Waals surface area contributed by atoms with Crippen LogP contribution < -0.4 is 11.3 Å². The van der Waals surface area contributed by atoms with Gasteiger partial charge in [-0.1, -0.05) is 0 Å². The first-order valence-corrected chi connectivity index (χ1v) is 6.17. The van der Waals surface area contributed by atoms with Crippen molar-refractivity contribution >= 4 is 5.91 Å². The number of pyridine rings is 1. The highest BCUT2D eigenvalue weighted by atomic mass is 19.1. The number of nitrogens with zero attached hydrogens (tertiary/aromatic N) is 1. The highest BCUT2D eigenvalue weighted by Crippen LogP contribution is 2.28. The third kappa shape index (κ3) is 2.81. The van der Waals surface area contributed by atoms with Crippen LogP contribution in [0.1, 0.15) is 11.8 Å². The Hall–Kier alpha value is -1.81. The van der Waals surface area contributed by atoms with Gasteiger partial charge < -0.3 is 25.8 Å². The lowest BCUT2D eigenvalue weighted by molar-refractivity contribution is -0.117. The van der Waals surface area contributed by atoms with E-state index >= 15 is 0 Å². The van der Waals surface area contributed by atoms with Crippen LogP contribution in [-0.2, 0) is 16.0 Å². The Labute approximate surface area is 118 Å². The molecule has 116 valence electrons. The van der Waals surface area contributed by atoms with Gasteiger partial charge in [-0.05, 0) is 6.07 Å². The van der Waals surface area contributed by atoms with Gasteiger partial charge in [0.05, 0.1) is 13.0 Å². The molecule has 2 heterocycles. The number of aliphatic hydroxyl groups excluding tert-OH is 3. The Kier molecular flexibility index (Phi) is 4.37. The van der Waals surface area contributed by atoms with Crippen molar-refractivity contribution in [2.75, 3.05) is 6.61 Å². The second-order valence-corrected chi connectivity index (χ2v) is 4.74. The summed E-state index contributed by atoms with van der Waals surface area (Å²) in [4.78, 5) is 22.7. The van der Waals surface area contributed by atoms with Crippen LogP contribution in [0.3, 0.4) is 0 Å². The fraction of sp³-hybridized carbons (Fsp3) is 0.500. The third-order valence-corrected chi connectivity index (χ3v) is 3.30. The highest BCUT2D eigenvalue weighted by molar-refractivity contribution is 5.76. The molecule has 1 aromatic heterocycles. The summed E-state index contributed by atoms with van der Waals surface area (Å²) in [5.74, 6) is -1.98. The molecular weight excluding hydrogens is 287 g/mol. The molecule has 0 unspecified atom stereocenters. The number of amides is 1. The Balaban J connectivity index is 2.36. The van der Waals surface area contributed by atoms with Crippen LogP contribution in [0.5, 0.6) is 0 Å². The van der Waals surface area contributed by atoms with Gasteiger partial charge in [0.2, 0.25) is 5.91 Å². The minimum Gasteiger partial charge on any atom is -0.394 e. The summed E-state index contributed by atoms with van der Waals surface area (Å²) in [5, 5.41) is 28.4. The molecule has 4 atom stereocenters. The molecule has 0 aliphatic carbocycles. The number of rotatable bonds is 4. The van der Waals surface area contributed by atoms with E-state index in [2.05, 4.69) is 0 Å². The summed E-state index contributed by atoms with van der Waals surface area (Å²) in [6, 6.07) is 1.16. The number of primary amides is 1. The maximum absolute atomic E-state index is 13.9. The van der Waals surface area contributed by atoms with Crippen molar-refractivity contribution in [3.05, 3.63) is 34.0 Å². The number of halogens is 1. The van der Waals surface area contributed by atoms with Crippen LogP contribution in [0.2, 0.25) is 0 Å². The zero-order valence-electron chi connectivity index (χ0n) is 10.8. The molecule has 1 amide bonds. The number of carbonyl (C=O) groups is 1. The summed E-state index contributed by atoms with van der Waals surface area (Å²) in [6.07, 6.45) is -4.62. The maximum Gasteiger partial charge on any atom is 0.289 e. The monoisotopic (exact) mass is 302 g/mol. The van der Waals surface area contributed by atoms with E-state index in [1.165, 1.54) is 0 Å². The summed E-state index contributed by atoms with van der Waals surface area (Å²) in [7, 11) is 0. The highest BCUT2D eigenvalue weighted by Gasteiger charge is 2.43. The van der Waals surface area contributed by atoms with Gasteiger partial charge in [-0.2, -0.15) is 0 Å². The average molecular weight is 302 g/mol. The smallest absolute Gasteiger partial charge is 0.289 e. The first-order chi connectivity index (χ1) is 9.86. The van der Waals surface area contributed by atoms with Crippen LogP contribution in [0.15, 0.2) is 17.1 Å². The van der Waals surface area contributed by atoms with Gasteiger partial charge in [0.15, 0.2) is 12.0 Å². The fourth-order valence-electron chi connectivity index (χ4n) is 2.20. The van der Waals surface area contributed by atoms with Crippen LogP contribution >= 0.6 is 0 Å². The van der Waals surface area contributed by atoms with E-state index in [0.29, 0.717) is 0 Å². The molecule has 2 rings (SSSR count). The van der Waals surface area contributed by atoms with Gasteiger partial charge in [0.1, 0.15) is 18.3 Å². The van der Waals surface area contributed by atoms with E-state index in [-0.39, 0.29) is 5.56 Å². The molecule has 1 aliphatic rings. The topological polar surface area (TPSA) is 135 Å². The van der Waals surface area contributed by atoms with Crippen molar-refractivity contribution in [2.45, 2.75) is 31.0 Å². The van der Waals surface area contributed by atoms with E-state index in [1.807, 2.05) is 0 Å². The fourth-order valence-corrected chi connectivity index (χ4v) is 2.20. The number of aromatic nitrogens is 1. The third-order valence-electron chi connectivity index (χ3n) is 3.30. The SMILES string of the molecule is NC(=O)Cc1ccn([C@@H]2O[C@H](CO)[C@@H](O)[C@@H]2O)c(=O)c1F. The second-order valence-electron chi connectivity index (χ2n) is 4.74. The Bertz CT molecular complexity index is 604. The van der Waals surface area contributed by atoms with Crippen LogP contribution in [-0.4, -0.2) is 50.7 Å². The van der Waals surface area contributed by atoms with E-state index in [4.69, 9.17) is 15.6 Å². The molecule has 1 fully saturated rings. The quantitative estimate of drug-likeness (QED) is 0.491. The Morgan fingerprint density at radius 3 is 2.62 bits per heavy atom. The standard InChI is InChI=1S/C12H15FN2O6/c13-8-5(3-7(14)17)1-2-15(11(8)20)12-10(19)9(18)6(4-16)21-12/h1-2,6,9-10,12,16,18-19H,3-4H2,(H2,14,17)/t6-,9-,10+,12-/m1/s1. The molecule has 0 aromatic carbocycles. The van der Waals surface area contributed by atoms with Crippen molar-refractivity contribution in [1.82, 2.24) is 4.57 Å². The van der Waals surface area contributed by atoms with Crippen LogP contribution in [0.25, 0.3) is 0 Å². The molecule has 5 N–H and O–H groups in total. The molecule has 1 aliphatic heterocycles. The van der Waals surface area contributed by atoms with Crippen molar-refractivity contribution in [3.8, 4) is 0 Å². The van der Waals surface area contributed by atoms with E-state index in [9.17, 15) is 24.2 Å².